The highest BCUT2D eigenvalue weighted by Crippen LogP contribution is 2.34. The van der Waals surface area contributed by atoms with Gasteiger partial charge in [0.15, 0.2) is 5.75 Å². The van der Waals surface area contributed by atoms with Crippen molar-refractivity contribution in [1.29, 1.82) is 0 Å². The molecular formula is C11H14Cl2N4O. The zero-order valence-corrected chi connectivity index (χ0v) is 11.5. The predicted molar refractivity (Wildman–Crippen MR) is 75.6 cm³/mol. The number of halogens is 2. The summed E-state index contributed by atoms with van der Waals surface area (Å²) in [6.45, 7) is 3.78. The van der Waals surface area contributed by atoms with Gasteiger partial charge in [-0.15, -0.1) is 5.10 Å². The van der Waals surface area contributed by atoms with Gasteiger partial charge in [0.05, 0.1) is 22.4 Å². The normalized spacial score (nSPS) is 10.9. The second kappa shape index (κ2) is 6.47. The minimum atomic E-state index is -0.122. The van der Waals surface area contributed by atoms with Crippen molar-refractivity contribution in [3.05, 3.63) is 27.7 Å². The lowest BCUT2D eigenvalue weighted by molar-refractivity contribution is 0.243. The van der Waals surface area contributed by atoms with E-state index in [0.717, 1.165) is 0 Å². The van der Waals surface area contributed by atoms with E-state index < -0.39 is 0 Å². The number of hydrogen-bond donors (Lipinski definition) is 2. The standard InChI is InChI=1S/C11H14Cl2N4O/c1-6(2)18-10-8(12)3-7(4-9(10)13)5-16-17-11(14)15/h3-6H,1-2H3,(H4,14,15,17)/b16-5-. The first-order valence-corrected chi connectivity index (χ1v) is 5.93. The van der Waals surface area contributed by atoms with Crippen molar-refractivity contribution in [2.24, 2.45) is 21.7 Å². The van der Waals surface area contributed by atoms with E-state index in [4.69, 9.17) is 39.4 Å². The van der Waals surface area contributed by atoms with Crippen LogP contribution in [0.2, 0.25) is 10.0 Å². The summed E-state index contributed by atoms with van der Waals surface area (Å²) >= 11 is 12.1. The highest BCUT2D eigenvalue weighted by Gasteiger charge is 2.10. The van der Waals surface area contributed by atoms with Gasteiger partial charge < -0.3 is 16.2 Å². The van der Waals surface area contributed by atoms with Gasteiger partial charge in [-0.2, -0.15) is 5.10 Å². The van der Waals surface area contributed by atoms with Gasteiger partial charge in [0.2, 0.25) is 5.96 Å². The predicted octanol–water partition coefficient (Wildman–Crippen LogP) is 2.39. The van der Waals surface area contributed by atoms with Gasteiger partial charge in [0, 0.05) is 0 Å². The van der Waals surface area contributed by atoms with Crippen molar-refractivity contribution in [3.63, 3.8) is 0 Å². The van der Waals surface area contributed by atoms with Crippen molar-refractivity contribution in [3.8, 4) is 5.75 Å². The van der Waals surface area contributed by atoms with E-state index in [2.05, 4.69) is 10.2 Å². The molecule has 0 saturated carbocycles. The largest absolute Gasteiger partial charge is 0.488 e. The van der Waals surface area contributed by atoms with Crippen LogP contribution in [0.1, 0.15) is 19.4 Å². The maximum atomic E-state index is 6.06. The maximum absolute atomic E-state index is 6.06. The summed E-state index contributed by atoms with van der Waals surface area (Å²) in [4.78, 5) is 0. The first-order chi connectivity index (χ1) is 8.40. The molecule has 0 amide bonds. The van der Waals surface area contributed by atoms with Crippen molar-refractivity contribution >= 4 is 35.4 Å². The summed E-state index contributed by atoms with van der Waals surface area (Å²) in [6.07, 6.45) is 1.43. The Morgan fingerprint density at radius 2 is 1.83 bits per heavy atom. The lowest BCUT2D eigenvalue weighted by atomic mass is 10.2. The summed E-state index contributed by atoms with van der Waals surface area (Å²) in [5.41, 5.74) is 10.9. The average Bonchev–Trinajstić information content (AvgIpc) is 2.22. The van der Waals surface area contributed by atoms with Crippen LogP contribution >= 0.6 is 23.2 Å². The van der Waals surface area contributed by atoms with Crippen molar-refractivity contribution in [2.45, 2.75) is 20.0 Å². The number of guanidine groups is 1. The first-order valence-electron chi connectivity index (χ1n) is 5.18. The molecule has 18 heavy (non-hydrogen) atoms. The molecule has 1 rings (SSSR count). The summed E-state index contributed by atoms with van der Waals surface area (Å²) < 4.78 is 5.50. The van der Waals surface area contributed by atoms with Gasteiger partial charge in [0.1, 0.15) is 0 Å². The van der Waals surface area contributed by atoms with Crippen LogP contribution in [-0.2, 0) is 0 Å². The summed E-state index contributed by atoms with van der Waals surface area (Å²) in [7, 11) is 0. The van der Waals surface area contributed by atoms with Crippen LogP contribution in [0.15, 0.2) is 22.3 Å². The van der Waals surface area contributed by atoms with Crippen LogP contribution in [0.25, 0.3) is 0 Å². The Balaban J connectivity index is 2.99. The van der Waals surface area contributed by atoms with Crippen LogP contribution in [0, 0.1) is 0 Å². The van der Waals surface area contributed by atoms with E-state index in [1.54, 1.807) is 12.1 Å². The average molecular weight is 289 g/mol. The van der Waals surface area contributed by atoms with Crippen LogP contribution in [0.5, 0.6) is 5.75 Å². The molecule has 0 heterocycles. The molecule has 0 aliphatic rings. The minimum absolute atomic E-state index is 0.0128. The lowest BCUT2D eigenvalue weighted by Crippen LogP contribution is -2.21. The smallest absolute Gasteiger partial charge is 0.211 e. The molecule has 7 heteroatoms. The number of nitrogens with zero attached hydrogens (tertiary/aromatic N) is 2. The molecule has 0 fully saturated rings. The number of ether oxygens (including phenoxy) is 1. The van der Waals surface area contributed by atoms with Gasteiger partial charge in [-0.05, 0) is 31.5 Å². The number of hydrogen-bond acceptors (Lipinski definition) is 3. The molecule has 98 valence electrons. The zero-order valence-electron chi connectivity index (χ0n) is 10.0. The van der Waals surface area contributed by atoms with Crippen LogP contribution in [0.3, 0.4) is 0 Å². The van der Waals surface area contributed by atoms with Gasteiger partial charge >= 0.3 is 0 Å². The Hall–Kier alpha value is -1.46. The van der Waals surface area contributed by atoms with E-state index in [9.17, 15) is 0 Å². The molecule has 4 N–H and O–H groups in total. The Bertz CT molecular complexity index is 459. The third kappa shape index (κ3) is 4.43. The topological polar surface area (TPSA) is 86.0 Å². The molecule has 1 aromatic rings. The van der Waals surface area contributed by atoms with Crippen LogP contribution < -0.4 is 16.2 Å². The molecule has 0 saturated heterocycles. The Kier molecular flexibility index (Phi) is 5.25. The third-order valence-electron chi connectivity index (χ3n) is 1.75. The van der Waals surface area contributed by atoms with Gasteiger partial charge in [0.25, 0.3) is 0 Å². The van der Waals surface area contributed by atoms with Gasteiger partial charge in [-0.25, -0.2) is 0 Å². The number of nitrogens with two attached hydrogens (primary N) is 2. The van der Waals surface area contributed by atoms with Gasteiger partial charge in [-0.3, -0.25) is 0 Å². The second-order valence-corrected chi connectivity index (χ2v) is 4.56. The highest BCUT2D eigenvalue weighted by atomic mass is 35.5. The molecule has 0 aliphatic heterocycles. The third-order valence-corrected chi connectivity index (χ3v) is 2.32. The fourth-order valence-corrected chi connectivity index (χ4v) is 1.76. The summed E-state index contributed by atoms with van der Waals surface area (Å²) in [5, 5.41) is 7.95. The van der Waals surface area contributed by atoms with E-state index in [0.29, 0.717) is 21.4 Å². The van der Waals surface area contributed by atoms with Gasteiger partial charge in [-0.1, -0.05) is 23.2 Å². The van der Waals surface area contributed by atoms with E-state index in [-0.39, 0.29) is 12.1 Å². The number of benzene rings is 1. The van der Waals surface area contributed by atoms with E-state index in [1.807, 2.05) is 13.8 Å². The quantitative estimate of drug-likeness (QED) is 0.507. The fraction of sp³-hybridized carbons (Fsp3) is 0.273. The molecule has 0 atom stereocenters. The maximum Gasteiger partial charge on any atom is 0.211 e. The monoisotopic (exact) mass is 288 g/mol. The van der Waals surface area contributed by atoms with Crippen molar-refractivity contribution in [1.82, 2.24) is 0 Å². The first kappa shape index (κ1) is 14.6. The Morgan fingerprint density at radius 1 is 1.28 bits per heavy atom. The molecular weight excluding hydrogens is 275 g/mol. The zero-order chi connectivity index (χ0) is 13.7. The van der Waals surface area contributed by atoms with Crippen molar-refractivity contribution in [2.75, 3.05) is 0 Å². The molecule has 0 aromatic heterocycles. The Morgan fingerprint density at radius 3 is 2.28 bits per heavy atom. The van der Waals surface area contributed by atoms with Crippen molar-refractivity contribution < 1.29 is 4.74 Å². The fourth-order valence-electron chi connectivity index (χ4n) is 1.16. The summed E-state index contributed by atoms with van der Waals surface area (Å²) in [6, 6.07) is 3.33. The lowest BCUT2D eigenvalue weighted by Gasteiger charge is -2.13. The number of rotatable bonds is 4. The van der Waals surface area contributed by atoms with Crippen LogP contribution in [-0.4, -0.2) is 18.3 Å². The molecule has 5 nitrogen and oxygen atoms in total. The summed E-state index contributed by atoms with van der Waals surface area (Å²) in [5.74, 6) is 0.329. The molecule has 0 spiro atoms. The second-order valence-electron chi connectivity index (χ2n) is 3.75. The van der Waals surface area contributed by atoms with Crippen LogP contribution in [0.4, 0.5) is 0 Å². The SMILES string of the molecule is CC(C)Oc1c(Cl)cc(/C=N\N=C(N)N)cc1Cl. The minimum Gasteiger partial charge on any atom is -0.488 e. The molecule has 0 unspecified atom stereocenters. The van der Waals surface area contributed by atoms with E-state index in [1.165, 1.54) is 6.21 Å². The highest BCUT2D eigenvalue weighted by molar-refractivity contribution is 6.37. The molecule has 0 bridgehead atoms. The Labute approximate surface area is 115 Å². The van der Waals surface area contributed by atoms with E-state index >= 15 is 0 Å². The molecule has 0 radical (unpaired) electrons. The molecule has 0 aliphatic carbocycles. The molecule has 1 aromatic carbocycles.